The van der Waals surface area contributed by atoms with Crippen molar-refractivity contribution in [3.63, 3.8) is 0 Å². The molecule has 1 aromatic rings. The van der Waals surface area contributed by atoms with Gasteiger partial charge in [-0.2, -0.15) is 4.31 Å². The largest absolute Gasteiger partial charge is 0.490 e. The third-order valence-corrected chi connectivity index (χ3v) is 5.49. The summed E-state index contributed by atoms with van der Waals surface area (Å²) in [7, 11) is -3.47. The van der Waals surface area contributed by atoms with Gasteiger partial charge in [0.2, 0.25) is 10.0 Å². The van der Waals surface area contributed by atoms with Gasteiger partial charge in [-0.1, -0.05) is 0 Å². The van der Waals surface area contributed by atoms with Crippen molar-refractivity contribution in [3.05, 3.63) is 23.3 Å². The zero-order valence-corrected chi connectivity index (χ0v) is 16.6. The van der Waals surface area contributed by atoms with Crippen LogP contribution in [0.25, 0.3) is 0 Å². The molecule has 1 heterocycles. The second-order valence-electron chi connectivity index (χ2n) is 6.01. The summed E-state index contributed by atoms with van der Waals surface area (Å²) < 4.78 is 42.2. The maximum absolute atomic E-state index is 12.2. The summed E-state index contributed by atoms with van der Waals surface area (Å²) in [5.41, 5.74) is 1.73. The SMILES string of the molecule is CCOC(=O)C[C@@H]1c2cc(OCC)c(OCC)cc2CCN1S(C)(=O)=O. The molecule has 0 unspecified atom stereocenters. The van der Waals surface area contributed by atoms with Gasteiger partial charge in [-0.3, -0.25) is 4.79 Å². The van der Waals surface area contributed by atoms with Gasteiger partial charge < -0.3 is 14.2 Å². The number of hydrogen-bond donors (Lipinski definition) is 0. The Morgan fingerprint density at radius 3 is 2.27 bits per heavy atom. The normalized spacial score (nSPS) is 17.5. The summed E-state index contributed by atoms with van der Waals surface area (Å²) in [6.45, 7) is 7.01. The lowest BCUT2D eigenvalue weighted by Gasteiger charge is -2.35. The quantitative estimate of drug-likeness (QED) is 0.639. The number of fused-ring (bicyclic) bond motifs is 1. The number of esters is 1. The molecule has 2 rings (SSSR count). The van der Waals surface area contributed by atoms with E-state index in [1.54, 1.807) is 13.0 Å². The minimum absolute atomic E-state index is 0.0343. The molecule has 0 aliphatic carbocycles. The van der Waals surface area contributed by atoms with Crippen molar-refractivity contribution in [2.75, 3.05) is 32.6 Å². The predicted molar refractivity (Wildman–Crippen MR) is 98.0 cm³/mol. The van der Waals surface area contributed by atoms with Gasteiger partial charge in [-0.15, -0.1) is 0 Å². The maximum atomic E-state index is 12.2. The fraction of sp³-hybridized carbons (Fsp3) is 0.611. The highest BCUT2D eigenvalue weighted by Gasteiger charge is 2.36. The number of ether oxygens (including phenoxy) is 3. The Bertz CT molecular complexity index is 746. The number of rotatable bonds is 8. The highest BCUT2D eigenvalue weighted by Crippen LogP contribution is 2.40. The van der Waals surface area contributed by atoms with Crippen LogP contribution in [0.2, 0.25) is 0 Å². The molecular weight excluding hydrogens is 358 g/mol. The first-order valence-corrected chi connectivity index (χ1v) is 10.7. The Morgan fingerprint density at radius 1 is 1.12 bits per heavy atom. The molecular formula is C18H27NO6S. The average molecular weight is 385 g/mol. The third kappa shape index (κ3) is 4.67. The molecule has 0 radical (unpaired) electrons. The molecule has 1 atom stereocenters. The van der Waals surface area contributed by atoms with E-state index in [1.807, 2.05) is 19.9 Å². The van der Waals surface area contributed by atoms with Crippen LogP contribution >= 0.6 is 0 Å². The first-order chi connectivity index (χ1) is 12.3. The van der Waals surface area contributed by atoms with Crippen LogP contribution in [0.4, 0.5) is 0 Å². The molecule has 8 heteroatoms. The topological polar surface area (TPSA) is 82.1 Å². The van der Waals surface area contributed by atoms with E-state index in [2.05, 4.69) is 0 Å². The molecule has 1 aromatic carbocycles. The Labute approximate surface area is 155 Å². The minimum Gasteiger partial charge on any atom is -0.490 e. The number of nitrogens with zero attached hydrogens (tertiary/aromatic N) is 1. The fourth-order valence-corrected chi connectivity index (χ4v) is 4.28. The molecule has 0 spiro atoms. The summed E-state index contributed by atoms with van der Waals surface area (Å²) in [6, 6.07) is 3.08. The molecule has 7 nitrogen and oxygen atoms in total. The van der Waals surface area contributed by atoms with E-state index < -0.39 is 22.0 Å². The average Bonchev–Trinajstić information content (AvgIpc) is 2.55. The molecule has 1 aliphatic heterocycles. The lowest BCUT2D eigenvalue weighted by molar-refractivity contribution is -0.144. The minimum atomic E-state index is -3.47. The van der Waals surface area contributed by atoms with Crippen molar-refractivity contribution in [2.24, 2.45) is 0 Å². The number of carbonyl (C=O) groups excluding carboxylic acids is 1. The predicted octanol–water partition coefficient (Wildman–Crippen LogP) is 2.30. The Morgan fingerprint density at radius 2 is 1.73 bits per heavy atom. The monoisotopic (exact) mass is 385 g/mol. The van der Waals surface area contributed by atoms with E-state index >= 15 is 0 Å². The molecule has 146 valence electrons. The van der Waals surface area contributed by atoms with Crippen molar-refractivity contribution in [3.8, 4) is 11.5 Å². The molecule has 0 bridgehead atoms. The van der Waals surface area contributed by atoms with E-state index in [9.17, 15) is 13.2 Å². The molecule has 0 N–H and O–H groups in total. The number of sulfonamides is 1. The summed E-state index contributed by atoms with van der Waals surface area (Å²) in [5.74, 6) is 0.763. The van der Waals surface area contributed by atoms with Crippen molar-refractivity contribution >= 4 is 16.0 Å². The van der Waals surface area contributed by atoms with Crippen LogP contribution in [0.3, 0.4) is 0 Å². The standard InChI is InChI=1S/C18H27NO6S/c1-5-23-16-10-13-8-9-19(26(4,21)22)15(12-18(20)25-7-3)14(13)11-17(16)24-6-2/h10-11,15H,5-9,12H2,1-4H3/t15-/m1/s1. The van der Waals surface area contributed by atoms with Gasteiger partial charge >= 0.3 is 5.97 Å². The first-order valence-electron chi connectivity index (χ1n) is 8.86. The van der Waals surface area contributed by atoms with E-state index in [-0.39, 0.29) is 13.0 Å². The van der Waals surface area contributed by atoms with Gasteiger partial charge in [0.15, 0.2) is 11.5 Å². The first kappa shape index (κ1) is 20.5. The van der Waals surface area contributed by atoms with Gasteiger partial charge in [-0.05, 0) is 50.5 Å². The van der Waals surface area contributed by atoms with E-state index in [1.165, 1.54) is 4.31 Å². The van der Waals surface area contributed by atoms with Crippen LogP contribution in [-0.2, 0) is 26.0 Å². The lowest BCUT2D eigenvalue weighted by Crippen LogP contribution is -2.40. The van der Waals surface area contributed by atoms with E-state index in [0.717, 1.165) is 17.4 Å². The lowest BCUT2D eigenvalue weighted by atomic mass is 9.91. The van der Waals surface area contributed by atoms with Gasteiger partial charge in [-0.25, -0.2) is 8.42 Å². The highest BCUT2D eigenvalue weighted by molar-refractivity contribution is 7.88. The second-order valence-corrected chi connectivity index (χ2v) is 7.95. The maximum Gasteiger partial charge on any atom is 0.307 e. The summed E-state index contributed by atoms with van der Waals surface area (Å²) in [6.07, 6.45) is 1.68. The van der Waals surface area contributed by atoms with Gasteiger partial charge in [0.1, 0.15) is 0 Å². The molecule has 0 saturated heterocycles. The summed E-state index contributed by atoms with van der Waals surface area (Å²) in [4.78, 5) is 12.1. The van der Waals surface area contributed by atoms with Gasteiger partial charge in [0.25, 0.3) is 0 Å². The second kappa shape index (κ2) is 8.73. The Hall–Kier alpha value is -1.80. The fourth-order valence-electron chi connectivity index (χ4n) is 3.21. The summed E-state index contributed by atoms with van der Waals surface area (Å²) >= 11 is 0. The Kier molecular flexibility index (Phi) is 6.88. The number of benzene rings is 1. The van der Waals surface area contributed by atoms with Crippen molar-refractivity contribution < 1.29 is 27.4 Å². The Balaban J connectivity index is 2.50. The van der Waals surface area contributed by atoms with Crippen molar-refractivity contribution in [1.29, 1.82) is 0 Å². The zero-order chi connectivity index (χ0) is 19.3. The molecule has 1 aliphatic rings. The third-order valence-electron chi connectivity index (χ3n) is 4.20. The highest BCUT2D eigenvalue weighted by atomic mass is 32.2. The van der Waals surface area contributed by atoms with Gasteiger partial charge in [0.05, 0.1) is 38.5 Å². The smallest absolute Gasteiger partial charge is 0.307 e. The molecule has 0 amide bonds. The molecule has 26 heavy (non-hydrogen) atoms. The van der Waals surface area contributed by atoms with Crippen LogP contribution in [0.15, 0.2) is 12.1 Å². The van der Waals surface area contributed by atoms with Crippen molar-refractivity contribution in [1.82, 2.24) is 4.31 Å². The number of carbonyl (C=O) groups is 1. The van der Waals surface area contributed by atoms with E-state index in [4.69, 9.17) is 14.2 Å². The molecule has 0 aromatic heterocycles. The van der Waals surface area contributed by atoms with Gasteiger partial charge in [0, 0.05) is 6.54 Å². The van der Waals surface area contributed by atoms with Crippen LogP contribution in [0, 0.1) is 0 Å². The van der Waals surface area contributed by atoms with Crippen LogP contribution in [0.1, 0.15) is 44.4 Å². The number of hydrogen-bond acceptors (Lipinski definition) is 6. The molecule has 0 fully saturated rings. The van der Waals surface area contributed by atoms with E-state index in [0.29, 0.717) is 37.7 Å². The zero-order valence-electron chi connectivity index (χ0n) is 15.8. The summed E-state index contributed by atoms with van der Waals surface area (Å²) in [5, 5.41) is 0. The molecule has 0 saturated carbocycles. The van der Waals surface area contributed by atoms with Crippen molar-refractivity contribution in [2.45, 2.75) is 39.7 Å². The van der Waals surface area contributed by atoms with Crippen LogP contribution in [-0.4, -0.2) is 51.3 Å². The van der Waals surface area contributed by atoms with Crippen LogP contribution in [0.5, 0.6) is 11.5 Å². The van der Waals surface area contributed by atoms with Crippen LogP contribution < -0.4 is 9.47 Å².